The summed E-state index contributed by atoms with van der Waals surface area (Å²) in [5, 5.41) is 5.68. The van der Waals surface area contributed by atoms with Crippen molar-refractivity contribution in [3.05, 3.63) is 59.4 Å². The molecule has 0 radical (unpaired) electrons. The number of nitrogens with zero attached hydrogens (tertiary/aromatic N) is 1. The van der Waals surface area contributed by atoms with E-state index in [1.165, 1.54) is 12.1 Å². The molecule has 6 heteroatoms. The van der Waals surface area contributed by atoms with E-state index in [2.05, 4.69) is 10.6 Å². The van der Waals surface area contributed by atoms with E-state index in [0.717, 1.165) is 16.8 Å². The monoisotopic (exact) mass is 369 g/mol. The number of rotatable bonds is 3. The third-order valence-electron chi connectivity index (χ3n) is 4.26. The van der Waals surface area contributed by atoms with Crippen LogP contribution in [-0.2, 0) is 17.8 Å². The van der Waals surface area contributed by atoms with E-state index in [9.17, 15) is 14.0 Å². The molecule has 1 aliphatic rings. The minimum Gasteiger partial charge on any atom is -0.333 e. The van der Waals surface area contributed by atoms with Gasteiger partial charge in [-0.3, -0.25) is 4.79 Å². The molecule has 142 valence electrons. The lowest BCUT2D eigenvalue weighted by Crippen LogP contribution is -2.43. The summed E-state index contributed by atoms with van der Waals surface area (Å²) in [5.41, 5.74) is 2.88. The molecule has 0 bridgehead atoms. The summed E-state index contributed by atoms with van der Waals surface area (Å²) < 4.78 is 13.5. The Labute approximate surface area is 158 Å². The average molecular weight is 369 g/mol. The molecule has 1 aliphatic heterocycles. The smallest absolute Gasteiger partial charge is 0.319 e. The second-order valence-electron chi connectivity index (χ2n) is 7.78. The van der Waals surface area contributed by atoms with Gasteiger partial charge >= 0.3 is 6.03 Å². The number of amides is 3. The number of halogens is 1. The zero-order valence-electron chi connectivity index (χ0n) is 15.8. The second kappa shape index (κ2) is 7.39. The van der Waals surface area contributed by atoms with Crippen LogP contribution >= 0.6 is 0 Å². The first-order valence-electron chi connectivity index (χ1n) is 8.98. The summed E-state index contributed by atoms with van der Waals surface area (Å²) >= 11 is 0. The van der Waals surface area contributed by atoms with Crippen molar-refractivity contribution in [1.82, 2.24) is 5.32 Å². The van der Waals surface area contributed by atoms with Gasteiger partial charge in [0.1, 0.15) is 5.82 Å². The van der Waals surface area contributed by atoms with Crippen molar-refractivity contribution in [1.29, 1.82) is 0 Å². The fourth-order valence-electron chi connectivity index (χ4n) is 3.13. The number of hydrogen-bond acceptors (Lipinski definition) is 2. The van der Waals surface area contributed by atoms with Gasteiger partial charge in [0.2, 0.25) is 5.91 Å². The minimum absolute atomic E-state index is 0.0120. The van der Waals surface area contributed by atoms with E-state index in [0.29, 0.717) is 25.1 Å². The summed E-state index contributed by atoms with van der Waals surface area (Å²) in [6.45, 7) is 6.06. The van der Waals surface area contributed by atoms with Crippen LogP contribution in [0.4, 0.5) is 20.6 Å². The third-order valence-corrected chi connectivity index (χ3v) is 4.26. The van der Waals surface area contributed by atoms with Gasteiger partial charge in [-0.15, -0.1) is 0 Å². The summed E-state index contributed by atoms with van der Waals surface area (Å²) in [7, 11) is 0. The highest BCUT2D eigenvalue weighted by atomic mass is 19.1. The minimum atomic E-state index is -0.327. The van der Waals surface area contributed by atoms with Crippen LogP contribution in [0.25, 0.3) is 0 Å². The summed E-state index contributed by atoms with van der Waals surface area (Å²) in [4.78, 5) is 26.2. The summed E-state index contributed by atoms with van der Waals surface area (Å²) in [5.74, 6) is -0.306. The lowest BCUT2D eigenvalue weighted by Gasteiger charge is -2.30. The average Bonchev–Trinajstić information content (AvgIpc) is 2.56. The van der Waals surface area contributed by atoms with Crippen molar-refractivity contribution < 1.29 is 14.0 Å². The molecule has 3 rings (SSSR count). The third kappa shape index (κ3) is 4.84. The lowest BCUT2D eigenvalue weighted by molar-refractivity contribution is -0.119. The number of fused-ring (bicyclic) bond motifs is 1. The topological polar surface area (TPSA) is 61.4 Å². The first-order valence-corrected chi connectivity index (χ1v) is 8.98. The van der Waals surface area contributed by atoms with Crippen molar-refractivity contribution >= 4 is 23.3 Å². The lowest BCUT2D eigenvalue weighted by atomic mass is 9.99. The maximum Gasteiger partial charge on any atom is 0.319 e. The maximum atomic E-state index is 13.5. The molecule has 0 aromatic heterocycles. The molecule has 0 aliphatic carbocycles. The first-order chi connectivity index (χ1) is 12.7. The predicted octanol–water partition coefficient (Wildman–Crippen LogP) is 4.23. The Kier molecular flexibility index (Phi) is 5.17. The normalized spacial score (nSPS) is 13.9. The van der Waals surface area contributed by atoms with Crippen molar-refractivity contribution in [3.8, 4) is 0 Å². The van der Waals surface area contributed by atoms with Crippen LogP contribution in [0.5, 0.6) is 0 Å². The highest BCUT2D eigenvalue weighted by molar-refractivity contribution is 5.97. The summed E-state index contributed by atoms with van der Waals surface area (Å²) in [6.07, 6.45) is 1.00. The van der Waals surface area contributed by atoms with E-state index in [1.54, 1.807) is 23.1 Å². The van der Waals surface area contributed by atoms with Gasteiger partial charge in [-0.2, -0.15) is 0 Å². The van der Waals surface area contributed by atoms with E-state index in [1.807, 2.05) is 32.9 Å². The Morgan fingerprint density at radius 2 is 1.93 bits per heavy atom. The molecule has 2 aromatic carbocycles. The van der Waals surface area contributed by atoms with Gasteiger partial charge < -0.3 is 15.5 Å². The molecule has 0 unspecified atom stereocenters. The molecule has 3 amide bonds. The van der Waals surface area contributed by atoms with Crippen LogP contribution in [0.3, 0.4) is 0 Å². The molecule has 0 spiro atoms. The molecule has 2 aromatic rings. The van der Waals surface area contributed by atoms with Gasteiger partial charge in [0.15, 0.2) is 0 Å². The number of carbonyl (C=O) groups is 2. The SMILES string of the molecule is CC(C)(C)NC(=O)Nc1ccc2c(c1)CCC(=O)N2Cc1cccc(F)c1. The van der Waals surface area contributed by atoms with Crippen LogP contribution in [0.1, 0.15) is 38.3 Å². The Morgan fingerprint density at radius 3 is 2.63 bits per heavy atom. The van der Waals surface area contributed by atoms with Gasteiger partial charge in [0, 0.05) is 23.3 Å². The van der Waals surface area contributed by atoms with E-state index in [-0.39, 0.29) is 23.3 Å². The fourth-order valence-corrected chi connectivity index (χ4v) is 3.13. The van der Waals surface area contributed by atoms with Crippen LogP contribution < -0.4 is 15.5 Å². The van der Waals surface area contributed by atoms with E-state index >= 15 is 0 Å². The zero-order chi connectivity index (χ0) is 19.6. The molecular formula is C21H24FN3O2. The molecule has 2 N–H and O–H groups in total. The number of benzene rings is 2. The van der Waals surface area contributed by atoms with Gasteiger partial charge in [0.05, 0.1) is 6.54 Å². The number of aryl methyl sites for hydroxylation is 1. The fraction of sp³-hybridized carbons (Fsp3) is 0.333. The Hall–Kier alpha value is -2.89. The van der Waals surface area contributed by atoms with Crippen LogP contribution in [-0.4, -0.2) is 17.5 Å². The second-order valence-corrected chi connectivity index (χ2v) is 7.78. The quantitative estimate of drug-likeness (QED) is 0.851. The number of carbonyl (C=O) groups excluding carboxylic acids is 2. The number of hydrogen-bond donors (Lipinski definition) is 2. The number of urea groups is 1. The maximum absolute atomic E-state index is 13.5. The van der Waals surface area contributed by atoms with Crippen molar-refractivity contribution in [3.63, 3.8) is 0 Å². The number of anilines is 2. The summed E-state index contributed by atoms with van der Waals surface area (Å²) in [6, 6.07) is 11.5. The van der Waals surface area contributed by atoms with E-state index in [4.69, 9.17) is 0 Å². The van der Waals surface area contributed by atoms with Crippen molar-refractivity contribution in [2.24, 2.45) is 0 Å². The molecule has 5 nitrogen and oxygen atoms in total. The molecule has 1 heterocycles. The Morgan fingerprint density at radius 1 is 1.15 bits per heavy atom. The molecular weight excluding hydrogens is 345 g/mol. The predicted molar refractivity (Wildman–Crippen MR) is 104 cm³/mol. The van der Waals surface area contributed by atoms with Crippen molar-refractivity contribution in [2.45, 2.75) is 45.7 Å². The molecule has 0 saturated carbocycles. The van der Waals surface area contributed by atoms with Crippen molar-refractivity contribution in [2.75, 3.05) is 10.2 Å². The molecule has 0 fully saturated rings. The Balaban J connectivity index is 1.79. The highest BCUT2D eigenvalue weighted by Gasteiger charge is 2.25. The van der Waals surface area contributed by atoms with Gasteiger partial charge in [0.25, 0.3) is 0 Å². The van der Waals surface area contributed by atoms with Gasteiger partial charge in [-0.25, -0.2) is 9.18 Å². The first kappa shape index (κ1) is 18.9. The van der Waals surface area contributed by atoms with Crippen LogP contribution in [0.2, 0.25) is 0 Å². The van der Waals surface area contributed by atoms with Crippen LogP contribution in [0, 0.1) is 5.82 Å². The molecule has 0 saturated heterocycles. The van der Waals surface area contributed by atoms with E-state index < -0.39 is 0 Å². The largest absolute Gasteiger partial charge is 0.333 e. The zero-order valence-corrected chi connectivity index (χ0v) is 15.8. The molecule has 27 heavy (non-hydrogen) atoms. The highest BCUT2D eigenvalue weighted by Crippen LogP contribution is 2.31. The number of nitrogens with one attached hydrogen (secondary N) is 2. The Bertz CT molecular complexity index is 874. The standard InChI is InChI=1S/C21H24FN3O2/c1-21(2,3)24-20(27)23-17-8-9-18-15(12-17)7-10-19(26)25(18)13-14-5-4-6-16(22)11-14/h4-6,8-9,11-12H,7,10,13H2,1-3H3,(H2,23,24,27). The molecule has 0 atom stereocenters. The van der Waals surface area contributed by atoms with Gasteiger partial charge in [-0.1, -0.05) is 12.1 Å². The van der Waals surface area contributed by atoms with Gasteiger partial charge in [-0.05, 0) is 68.7 Å². The van der Waals surface area contributed by atoms with Crippen LogP contribution in [0.15, 0.2) is 42.5 Å².